The first-order chi connectivity index (χ1) is 15.3. The molecule has 0 bridgehead atoms. The zero-order chi connectivity index (χ0) is 24.8. The number of rotatable bonds is 5. The monoisotopic (exact) mass is 498 g/mol. The summed E-state index contributed by atoms with van der Waals surface area (Å²) in [4.78, 5) is 43.6. The van der Waals surface area contributed by atoms with Crippen LogP contribution in [-0.2, 0) is 14.7 Å². The van der Waals surface area contributed by atoms with E-state index in [1.807, 2.05) is 13.8 Å². The molecule has 0 aliphatic carbocycles. The third kappa shape index (κ3) is 4.60. The van der Waals surface area contributed by atoms with Gasteiger partial charge in [-0.15, -0.1) is 14.1 Å². The molecule has 2 amide bonds. The highest BCUT2D eigenvalue weighted by atomic mass is 35.5. The zero-order valence-electron chi connectivity index (χ0n) is 18.2. The molecule has 0 spiro atoms. The van der Waals surface area contributed by atoms with Crippen molar-refractivity contribution in [3.05, 3.63) is 57.1 Å². The summed E-state index contributed by atoms with van der Waals surface area (Å²) in [7, 11) is 3.82. The first-order valence-corrected chi connectivity index (χ1v) is 10.8. The van der Waals surface area contributed by atoms with E-state index >= 15 is 0 Å². The van der Waals surface area contributed by atoms with Crippen LogP contribution in [0.15, 0.2) is 29.4 Å². The van der Waals surface area contributed by atoms with Gasteiger partial charge < -0.3 is 10.0 Å². The van der Waals surface area contributed by atoms with Gasteiger partial charge >= 0.3 is 0 Å². The van der Waals surface area contributed by atoms with Crippen LogP contribution >= 0.6 is 20.8 Å². The second-order valence-corrected chi connectivity index (χ2v) is 10.2. The molecule has 1 N–H and O–H groups in total. The lowest BCUT2D eigenvalue weighted by Crippen LogP contribution is -2.50. The summed E-state index contributed by atoms with van der Waals surface area (Å²) in [5, 5.41) is 12.5. The molecule has 2 aromatic rings. The Morgan fingerprint density at radius 3 is 2.48 bits per heavy atom. The van der Waals surface area contributed by atoms with Crippen LogP contribution in [0.3, 0.4) is 0 Å². The highest BCUT2D eigenvalue weighted by Gasteiger charge is 2.54. The van der Waals surface area contributed by atoms with Crippen LogP contribution in [-0.4, -0.2) is 47.1 Å². The molecule has 1 saturated heterocycles. The number of hydrogen-bond acceptors (Lipinski definition) is 6. The quantitative estimate of drug-likeness (QED) is 0.387. The minimum absolute atomic E-state index is 0.0279. The first kappa shape index (κ1) is 25.1. The Kier molecular flexibility index (Phi) is 6.84. The summed E-state index contributed by atoms with van der Waals surface area (Å²) >= 11 is 5.73. The van der Waals surface area contributed by atoms with Crippen molar-refractivity contribution in [1.29, 1.82) is 0 Å². The van der Waals surface area contributed by atoms with Crippen molar-refractivity contribution >= 4 is 44.2 Å². The van der Waals surface area contributed by atoms with Gasteiger partial charge in [-0.25, -0.2) is 13.8 Å². The SMILES string of the molecule is Cc1cc(C(C)(C)P)cc(N2C(=O)C(N=O)C(O)C2C(=O)N(C)c2cc(Cl)c(F)cc2F)n1. The Morgan fingerprint density at radius 2 is 1.91 bits per heavy atom. The molecule has 33 heavy (non-hydrogen) atoms. The van der Waals surface area contributed by atoms with Crippen molar-refractivity contribution < 1.29 is 23.5 Å². The van der Waals surface area contributed by atoms with E-state index in [1.54, 1.807) is 19.1 Å². The number of halogens is 3. The third-order valence-corrected chi connectivity index (χ3v) is 6.02. The number of benzene rings is 1. The Balaban J connectivity index is 2.12. The normalized spacial score (nSPS) is 20.8. The average molecular weight is 499 g/mol. The summed E-state index contributed by atoms with van der Waals surface area (Å²) in [5.74, 6) is -3.94. The van der Waals surface area contributed by atoms with Gasteiger partial charge in [0.05, 0.1) is 10.7 Å². The Labute approximate surface area is 196 Å². The zero-order valence-corrected chi connectivity index (χ0v) is 20.1. The predicted octanol–water partition coefficient (Wildman–Crippen LogP) is 3.31. The molecule has 1 fully saturated rings. The molecule has 1 aromatic carbocycles. The van der Waals surface area contributed by atoms with Crippen LogP contribution in [0.25, 0.3) is 0 Å². The number of aromatic nitrogens is 1. The van der Waals surface area contributed by atoms with Gasteiger partial charge in [0.25, 0.3) is 11.8 Å². The molecule has 2 heterocycles. The number of aryl methyl sites for hydroxylation is 1. The molecule has 1 aromatic heterocycles. The van der Waals surface area contributed by atoms with Crippen LogP contribution in [0.2, 0.25) is 5.02 Å². The lowest BCUT2D eigenvalue weighted by Gasteiger charge is -2.30. The minimum Gasteiger partial charge on any atom is -0.387 e. The molecule has 176 valence electrons. The molecule has 4 atom stereocenters. The maximum absolute atomic E-state index is 14.4. The first-order valence-electron chi connectivity index (χ1n) is 9.81. The third-order valence-electron chi connectivity index (χ3n) is 5.39. The van der Waals surface area contributed by atoms with Crippen molar-refractivity contribution in [3.63, 3.8) is 0 Å². The number of anilines is 2. The van der Waals surface area contributed by atoms with Crippen molar-refractivity contribution in [1.82, 2.24) is 4.98 Å². The standard InChI is InChI=1S/C21H22ClF2N4O4P/c1-9-5-10(21(2,3)33)6-15(25-9)28-17(18(29)16(26-32)19(28)30)20(31)27(4)14-7-11(22)12(23)8-13(14)24/h5-8,16-18,29H,33H2,1-4H3. The van der Waals surface area contributed by atoms with E-state index in [4.69, 9.17) is 11.6 Å². The molecule has 1 aliphatic rings. The van der Waals surface area contributed by atoms with Crippen LogP contribution < -0.4 is 9.80 Å². The Bertz CT molecular complexity index is 1140. The van der Waals surface area contributed by atoms with Crippen LogP contribution in [0, 0.1) is 23.5 Å². The number of pyridine rings is 1. The summed E-state index contributed by atoms with van der Waals surface area (Å²) in [6.07, 6.45) is -1.82. The maximum Gasteiger partial charge on any atom is 0.260 e. The molecular formula is C21H22ClF2N4O4P. The molecule has 3 rings (SSSR count). The van der Waals surface area contributed by atoms with E-state index in [-0.39, 0.29) is 11.5 Å². The van der Waals surface area contributed by atoms with Gasteiger partial charge in [-0.2, -0.15) is 0 Å². The van der Waals surface area contributed by atoms with Gasteiger partial charge in [0.2, 0.25) is 0 Å². The van der Waals surface area contributed by atoms with E-state index < -0.39 is 51.8 Å². The average Bonchev–Trinajstić information content (AvgIpc) is 2.98. The van der Waals surface area contributed by atoms with Crippen LogP contribution in [0.4, 0.5) is 20.3 Å². The van der Waals surface area contributed by atoms with E-state index in [0.29, 0.717) is 11.8 Å². The fourth-order valence-corrected chi connectivity index (χ4v) is 3.93. The molecule has 8 nitrogen and oxygen atoms in total. The number of nitroso groups, excluding NO2 is 1. The van der Waals surface area contributed by atoms with Crippen molar-refractivity contribution in [2.45, 2.75) is 44.1 Å². The fourth-order valence-electron chi connectivity index (χ4n) is 3.60. The topological polar surface area (TPSA) is 103 Å². The number of carbonyl (C=O) groups is 2. The van der Waals surface area contributed by atoms with Gasteiger partial charge in [-0.1, -0.05) is 30.6 Å². The highest BCUT2D eigenvalue weighted by molar-refractivity contribution is 7.18. The number of nitrogens with zero attached hydrogens (tertiary/aromatic N) is 4. The van der Waals surface area contributed by atoms with Gasteiger partial charge in [-0.3, -0.25) is 14.5 Å². The van der Waals surface area contributed by atoms with Crippen LogP contribution in [0.5, 0.6) is 0 Å². The molecule has 4 unspecified atom stereocenters. The number of aliphatic hydroxyl groups excluding tert-OH is 1. The minimum atomic E-state index is -1.82. The van der Waals surface area contributed by atoms with Crippen LogP contribution in [0.1, 0.15) is 25.1 Å². The van der Waals surface area contributed by atoms with Crippen molar-refractivity contribution in [3.8, 4) is 0 Å². The van der Waals surface area contributed by atoms with Crippen molar-refractivity contribution in [2.24, 2.45) is 5.18 Å². The predicted molar refractivity (Wildman–Crippen MR) is 123 cm³/mol. The summed E-state index contributed by atoms with van der Waals surface area (Å²) in [6.45, 7) is 5.50. The molecule has 12 heteroatoms. The fraction of sp³-hybridized carbons (Fsp3) is 0.381. The summed E-state index contributed by atoms with van der Waals surface area (Å²) in [5.41, 5.74) is 0.909. The Hall–Kier alpha value is -2.55. The smallest absolute Gasteiger partial charge is 0.260 e. The number of amides is 2. The highest BCUT2D eigenvalue weighted by Crippen LogP contribution is 2.36. The van der Waals surface area contributed by atoms with E-state index in [2.05, 4.69) is 19.4 Å². The van der Waals surface area contributed by atoms with E-state index in [0.717, 1.165) is 21.4 Å². The molecule has 0 saturated carbocycles. The van der Waals surface area contributed by atoms with E-state index in [1.165, 1.54) is 7.05 Å². The van der Waals surface area contributed by atoms with Gasteiger partial charge in [-0.05, 0) is 30.7 Å². The second-order valence-electron chi connectivity index (χ2n) is 8.39. The second kappa shape index (κ2) is 9.00. The van der Waals surface area contributed by atoms with Crippen molar-refractivity contribution in [2.75, 3.05) is 16.8 Å². The van der Waals surface area contributed by atoms with Gasteiger partial charge in [0, 0.05) is 24.0 Å². The molecule has 0 radical (unpaired) electrons. The lowest BCUT2D eigenvalue weighted by atomic mass is 10.0. The largest absolute Gasteiger partial charge is 0.387 e. The van der Waals surface area contributed by atoms with Gasteiger partial charge in [0.1, 0.15) is 29.6 Å². The molecule has 1 aliphatic heterocycles. The summed E-state index contributed by atoms with van der Waals surface area (Å²) < 4.78 is 27.9. The number of aliphatic hydroxyl groups is 1. The van der Waals surface area contributed by atoms with E-state index in [9.17, 15) is 28.4 Å². The summed E-state index contributed by atoms with van der Waals surface area (Å²) in [6, 6.07) is 1.38. The lowest BCUT2D eigenvalue weighted by molar-refractivity contribution is -0.122. The van der Waals surface area contributed by atoms with Gasteiger partial charge in [0.15, 0.2) is 6.04 Å². The number of hydrogen-bond donors (Lipinski definition) is 1. The number of likely N-dealkylation sites (N-methyl/N-ethyl adjacent to an activating group) is 1. The Morgan fingerprint density at radius 1 is 1.27 bits per heavy atom. The number of carbonyl (C=O) groups excluding carboxylic acids is 2. The maximum atomic E-state index is 14.4. The molecular weight excluding hydrogens is 477 g/mol.